The van der Waals surface area contributed by atoms with Gasteiger partial charge in [0.05, 0.1) is 24.4 Å². The van der Waals surface area contributed by atoms with Crippen molar-refractivity contribution in [1.29, 1.82) is 0 Å². The molecule has 0 aromatic rings. The topological polar surface area (TPSA) is 92.7 Å². The van der Waals surface area contributed by atoms with Gasteiger partial charge in [0.2, 0.25) is 0 Å². The summed E-state index contributed by atoms with van der Waals surface area (Å²) in [5, 5.41) is 9.01. The second-order valence-electron chi connectivity index (χ2n) is 17.1. The van der Waals surface area contributed by atoms with Crippen LogP contribution in [0.2, 0.25) is 36.3 Å². The van der Waals surface area contributed by atoms with E-state index in [0.717, 1.165) is 25.7 Å². The first kappa shape index (κ1) is 45.3. The maximum Gasteiger partial charge on any atom is 0.381 e. The van der Waals surface area contributed by atoms with Gasteiger partial charge in [-0.1, -0.05) is 59.6 Å². The Morgan fingerprint density at radius 3 is 1.47 bits per heavy atom. The lowest BCUT2D eigenvalue weighted by Gasteiger charge is -2.39. The third-order valence-electron chi connectivity index (χ3n) is 9.86. The molecule has 10 heteroatoms. The number of hydrogen-bond acceptors (Lipinski definition) is 7. The highest BCUT2D eigenvalue weighted by Crippen LogP contribution is 2.40. The Labute approximate surface area is 301 Å². The molecular formula is C39H68O8Si2. The van der Waals surface area contributed by atoms with Crippen LogP contribution in [-0.4, -0.2) is 75.9 Å². The predicted molar refractivity (Wildman–Crippen MR) is 204 cm³/mol. The standard InChI is InChI=1S/C20H34O5Si.C19H34O3Si/c1-9-16-17(24-20(5,6)23-16)14-13-15(11-10-12-18(21)22)25-26(7,8)19(2,3)4;1-10-12-15(22-23(8,9)18(3,4)5)13-14-17-16(11-2)20-19(6,7)21-17/h9,15-17H,1,11,13-14H2,2-8H3,(H,21,22);1,11,15-17H,2,12-14H2,3-9H3/t2*15?,16-,17+/m11/s1. The van der Waals surface area contributed by atoms with Crippen molar-refractivity contribution >= 4 is 22.6 Å². The first-order chi connectivity index (χ1) is 22.2. The quantitative estimate of drug-likeness (QED) is 0.108. The third-order valence-corrected chi connectivity index (χ3v) is 18.9. The van der Waals surface area contributed by atoms with E-state index in [2.05, 4.69) is 98.6 Å². The van der Waals surface area contributed by atoms with Crippen LogP contribution in [0, 0.1) is 24.2 Å². The minimum atomic E-state index is -1.98. The molecule has 0 aliphatic carbocycles. The number of ether oxygens (including phenoxy) is 4. The van der Waals surface area contributed by atoms with Crippen LogP contribution in [-0.2, 0) is 32.6 Å². The fraction of sp³-hybridized carbons (Fsp3) is 0.769. The molecule has 0 saturated carbocycles. The third kappa shape index (κ3) is 15.2. The molecule has 280 valence electrons. The van der Waals surface area contributed by atoms with Crippen molar-refractivity contribution < 1.29 is 37.7 Å². The number of carbonyl (C=O) groups is 1. The number of carboxylic acid groups (broad SMARTS) is 1. The summed E-state index contributed by atoms with van der Waals surface area (Å²) >= 11 is 0. The van der Waals surface area contributed by atoms with Crippen LogP contribution in [0.15, 0.2) is 25.3 Å². The second kappa shape index (κ2) is 18.2. The highest BCUT2D eigenvalue weighted by molar-refractivity contribution is 6.74. The molecule has 2 aliphatic rings. The molecule has 0 radical (unpaired) electrons. The lowest BCUT2D eigenvalue weighted by atomic mass is 10.0. The zero-order valence-electron chi connectivity index (χ0n) is 33.2. The Hall–Kier alpha value is -1.74. The van der Waals surface area contributed by atoms with Crippen molar-refractivity contribution in [2.75, 3.05) is 0 Å². The minimum absolute atomic E-state index is 0.0193. The second-order valence-corrected chi connectivity index (χ2v) is 26.6. The van der Waals surface area contributed by atoms with Crippen molar-refractivity contribution in [3.8, 4) is 24.2 Å². The van der Waals surface area contributed by atoms with E-state index in [1.165, 1.54) is 0 Å². The van der Waals surface area contributed by atoms with Crippen LogP contribution < -0.4 is 0 Å². The van der Waals surface area contributed by atoms with Crippen LogP contribution in [0.25, 0.3) is 0 Å². The number of rotatable bonds is 14. The zero-order valence-corrected chi connectivity index (χ0v) is 35.2. The molecule has 2 heterocycles. The fourth-order valence-electron chi connectivity index (χ4n) is 5.24. The lowest BCUT2D eigenvalue weighted by molar-refractivity contribution is -0.144. The SMILES string of the molecule is C#CCC(CC[C@@H]1OC(C)(C)O[C@@H]1C=C)O[Si](C)(C)C(C)(C)C.C=C[C@H]1OC(C)(C)O[C@H]1CCC(CC#CC(=O)O)O[Si](C)(C)C(C)(C)C. The molecule has 0 aromatic carbocycles. The Morgan fingerprint density at radius 1 is 0.796 bits per heavy atom. The minimum Gasteiger partial charge on any atom is -0.472 e. The van der Waals surface area contributed by atoms with Gasteiger partial charge < -0.3 is 32.9 Å². The highest BCUT2D eigenvalue weighted by atomic mass is 28.4. The first-order valence-corrected chi connectivity index (χ1v) is 23.5. The molecular weight excluding hydrogens is 653 g/mol. The molecule has 2 saturated heterocycles. The van der Waals surface area contributed by atoms with Crippen LogP contribution in [0.4, 0.5) is 0 Å². The zero-order chi connectivity index (χ0) is 38.1. The van der Waals surface area contributed by atoms with Gasteiger partial charge in [-0.15, -0.1) is 25.5 Å². The van der Waals surface area contributed by atoms with Gasteiger partial charge in [-0.3, -0.25) is 0 Å². The van der Waals surface area contributed by atoms with Crippen LogP contribution in [0.3, 0.4) is 0 Å². The molecule has 0 spiro atoms. The van der Waals surface area contributed by atoms with Gasteiger partial charge in [-0.2, -0.15) is 0 Å². The lowest BCUT2D eigenvalue weighted by Crippen LogP contribution is -2.44. The largest absolute Gasteiger partial charge is 0.472 e. The van der Waals surface area contributed by atoms with Gasteiger partial charge in [0.1, 0.15) is 12.2 Å². The average Bonchev–Trinajstić information content (AvgIpc) is 3.41. The Kier molecular flexibility index (Phi) is 16.8. The van der Waals surface area contributed by atoms with Gasteiger partial charge >= 0.3 is 5.97 Å². The van der Waals surface area contributed by atoms with Crippen LogP contribution in [0.5, 0.6) is 0 Å². The molecule has 0 amide bonds. The number of terminal acetylenes is 1. The van der Waals surface area contributed by atoms with E-state index in [-0.39, 0.29) is 46.7 Å². The molecule has 2 aliphatic heterocycles. The molecule has 2 unspecified atom stereocenters. The van der Waals surface area contributed by atoms with E-state index >= 15 is 0 Å². The molecule has 2 rings (SSSR count). The number of aliphatic carboxylic acids is 1. The molecule has 8 nitrogen and oxygen atoms in total. The predicted octanol–water partition coefficient (Wildman–Crippen LogP) is 9.23. The summed E-state index contributed by atoms with van der Waals surface area (Å²) in [6, 6.07) is 0. The van der Waals surface area contributed by atoms with Crippen LogP contribution >= 0.6 is 0 Å². The summed E-state index contributed by atoms with van der Waals surface area (Å²) in [6.45, 7) is 37.5. The van der Waals surface area contributed by atoms with E-state index in [1.807, 2.05) is 33.8 Å². The number of carboxylic acids is 1. The fourth-order valence-corrected chi connectivity index (χ4v) is 8.01. The number of hydrogen-bond donors (Lipinski definition) is 1. The summed E-state index contributed by atoms with van der Waals surface area (Å²) in [7, 11) is -3.81. The van der Waals surface area contributed by atoms with Crippen molar-refractivity contribution in [2.45, 2.75) is 192 Å². The van der Waals surface area contributed by atoms with Crippen LogP contribution in [0.1, 0.15) is 108 Å². The molecule has 2 fully saturated rings. The van der Waals surface area contributed by atoms with Gasteiger partial charge in [-0.25, -0.2) is 4.79 Å². The maximum absolute atomic E-state index is 10.7. The maximum atomic E-state index is 10.7. The molecule has 0 bridgehead atoms. The monoisotopic (exact) mass is 720 g/mol. The van der Waals surface area contributed by atoms with Gasteiger partial charge in [0.25, 0.3) is 0 Å². The van der Waals surface area contributed by atoms with Gasteiger partial charge in [-0.05, 0) is 89.6 Å². The van der Waals surface area contributed by atoms with E-state index in [1.54, 1.807) is 6.08 Å². The molecule has 6 atom stereocenters. The Morgan fingerprint density at radius 2 is 1.16 bits per heavy atom. The van der Waals surface area contributed by atoms with E-state index in [0.29, 0.717) is 12.8 Å². The van der Waals surface area contributed by atoms with Crippen molar-refractivity contribution in [2.24, 2.45) is 0 Å². The van der Waals surface area contributed by atoms with E-state index in [9.17, 15) is 4.79 Å². The molecule has 0 aromatic heterocycles. The summed E-state index contributed by atoms with van der Waals surface area (Å²) in [6.07, 6.45) is 13.1. The summed E-state index contributed by atoms with van der Waals surface area (Å²) in [4.78, 5) is 10.7. The normalized spacial score (nSPS) is 24.8. The van der Waals surface area contributed by atoms with Crippen molar-refractivity contribution in [3.05, 3.63) is 25.3 Å². The van der Waals surface area contributed by atoms with Gasteiger partial charge in [0, 0.05) is 18.8 Å². The van der Waals surface area contributed by atoms with E-state index < -0.39 is 34.2 Å². The average molecular weight is 721 g/mol. The molecule has 1 N–H and O–H groups in total. The van der Waals surface area contributed by atoms with Crippen molar-refractivity contribution in [3.63, 3.8) is 0 Å². The Balaban J connectivity index is 0.000000494. The highest BCUT2D eigenvalue weighted by Gasteiger charge is 2.43. The Bertz CT molecular complexity index is 1190. The first-order valence-electron chi connectivity index (χ1n) is 17.7. The summed E-state index contributed by atoms with van der Waals surface area (Å²) < 4.78 is 36.6. The van der Waals surface area contributed by atoms with E-state index in [4.69, 9.17) is 39.3 Å². The molecule has 49 heavy (non-hydrogen) atoms. The van der Waals surface area contributed by atoms with Gasteiger partial charge in [0.15, 0.2) is 28.2 Å². The van der Waals surface area contributed by atoms with Crippen molar-refractivity contribution in [1.82, 2.24) is 0 Å². The summed E-state index contributed by atoms with van der Waals surface area (Å²) in [5.41, 5.74) is 0. The summed E-state index contributed by atoms with van der Waals surface area (Å²) in [5.74, 6) is 5.40. The smallest absolute Gasteiger partial charge is 0.381 e.